The highest BCUT2D eigenvalue weighted by atomic mass is 16.5. The maximum absolute atomic E-state index is 11.7. The average molecular weight is 293 g/mol. The topological polar surface area (TPSA) is 79.5 Å². The van der Waals surface area contributed by atoms with Gasteiger partial charge in [0.25, 0.3) is 0 Å². The summed E-state index contributed by atoms with van der Waals surface area (Å²) >= 11 is 0. The first kappa shape index (κ1) is 16.8. The van der Waals surface area contributed by atoms with Crippen LogP contribution in [0.3, 0.4) is 0 Å². The number of urea groups is 1. The molecule has 1 rings (SSSR count). The van der Waals surface area contributed by atoms with Crippen LogP contribution in [0.1, 0.15) is 24.0 Å². The van der Waals surface area contributed by atoms with Gasteiger partial charge in [0.15, 0.2) is 0 Å². The summed E-state index contributed by atoms with van der Waals surface area (Å²) in [7, 11) is 3.22. The SMILES string of the molecule is CNC(=O)CCCNC(=O)Nc1cc(C)c(OC)c(C)c1. The summed E-state index contributed by atoms with van der Waals surface area (Å²) in [6, 6.07) is 3.43. The van der Waals surface area contributed by atoms with Crippen LogP contribution in [0, 0.1) is 13.8 Å². The maximum atomic E-state index is 11.7. The maximum Gasteiger partial charge on any atom is 0.319 e. The molecule has 0 saturated heterocycles. The Morgan fingerprint density at radius 2 is 1.81 bits per heavy atom. The van der Waals surface area contributed by atoms with E-state index in [9.17, 15) is 9.59 Å². The second kappa shape index (κ2) is 8.14. The third kappa shape index (κ3) is 5.33. The van der Waals surface area contributed by atoms with Crippen molar-refractivity contribution < 1.29 is 14.3 Å². The Hall–Kier alpha value is -2.24. The number of benzene rings is 1. The van der Waals surface area contributed by atoms with E-state index < -0.39 is 0 Å². The number of carbonyl (C=O) groups is 2. The van der Waals surface area contributed by atoms with Crippen LogP contribution in [0.25, 0.3) is 0 Å². The molecule has 0 aliphatic rings. The van der Waals surface area contributed by atoms with Crippen molar-refractivity contribution in [2.24, 2.45) is 0 Å². The number of methoxy groups -OCH3 is 1. The molecule has 0 aromatic heterocycles. The molecule has 21 heavy (non-hydrogen) atoms. The van der Waals surface area contributed by atoms with Gasteiger partial charge in [0.2, 0.25) is 5.91 Å². The Labute approximate surface area is 125 Å². The van der Waals surface area contributed by atoms with Crippen molar-refractivity contribution in [3.8, 4) is 5.75 Å². The van der Waals surface area contributed by atoms with Crippen molar-refractivity contribution >= 4 is 17.6 Å². The zero-order valence-corrected chi connectivity index (χ0v) is 13.0. The second-order valence-corrected chi connectivity index (χ2v) is 4.80. The molecule has 0 bridgehead atoms. The van der Waals surface area contributed by atoms with Gasteiger partial charge in [-0.25, -0.2) is 4.79 Å². The molecule has 0 atom stereocenters. The van der Waals surface area contributed by atoms with Crippen LogP contribution in [0.2, 0.25) is 0 Å². The molecule has 3 amide bonds. The van der Waals surface area contributed by atoms with Crippen molar-refractivity contribution in [1.82, 2.24) is 10.6 Å². The van der Waals surface area contributed by atoms with Crippen molar-refractivity contribution in [3.63, 3.8) is 0 Å². The van der Waals surface area contributed by atoms with Crippen molar-refractivity contribution in [3.05, 3.63) is 23.3 Å². The minimum atomic E-state index is -0.282. The first-order valence-corrected chi connectivity index (χ1v) is 6.88. The fourth-order valence-corrected chi connectivity index (χ4v) is 2.10. The van der Waals surface area contributed by atoms with Crippen LogP contribution in [0.5, 0.6) is 5.75 Å². The van der Waals surface area contributed by atoms with Gasteiger partial charge in [0.05, 0.1) is 7.11 Å². The van der Waals surface area contributed by atoms with Gasteiger partial charge in [-0.3, -0.25) is 4.79 Å². The Kier molecular flexibility index (Phi) is 6.52. The highest BCUT2D eigenvalue weighted by Gasteiger charge is 2.07. The Bertz CT molecular complexity index is 492. The minimum Gasteiger partial charge on any atom is -0.496 e. The standard InChI is InChI=1S/C15H23N3O3/c1-10-8-12(9-11(2)14(10)21-4)18-15(20)17-7-5-6-13(19)16-3/h8-9H,5-7H2,1-4H3,(H,16,19)(H2,17,18,20). The summed E-state index contributed by atoms with van der Waals surface area (Å²) in [5.74, 6) is 0.796. The van der Waals surface area contributed by atoms with Crippen LogP contribution in [0.15, 0.2) is 12.1 Å². The number of rotatable bonds is 6. The Balaban J connectivity index is 2.46. The fourth-order valence-electron chi connectivity index (χ4n) is 2.10. The molecule has 1 aromatic rings. The van der Waals surface area contributed by atoms with E-state index in [4.69, 9.17) is 4.74 Å². The van der Waals surface area contributed by atoms with Crippen molar-refractivity contribution in [2.45, 2.75) is 26.7 Å². The lowest BCUT2D eigenvalue weighted by Crippen LogP contribution is -2.30. The van der Waals surface area contributed by atoms with Crippen molar-refractivity contribution in [2.75, 3.05) is 26.0 Å². The van der Waals surface area contributed by atoms with E-state index in [1.165, 1.54) is 0 Å². The molecular weight excluding hydrogens is 270 g/mol. The van der Waals surface area contributed by atoms with Gasteiger partial charge in [-0.15, -0.1) is 0 Å². The quantitative estimate of drug-likeness (QED) is 0.701. The summed E-state index contributed by atoms with van der Waals surface area (Å²) in [6.07, 6.45) is 1.01. The summed E-state index contributed by atoms with van der Waals surface area (Å²) in [5, 5.41) is 8.02. The van der Waals surface area contributed by atoms with Gasteiger partial charge in [-0.1, -0.05) is 0 Å². The van der Waals surface area contributed by atoms with Gasteiger partial charge < -0.3 is 20.7 Å². The lowest BCUT2D eigenvalue weighted by molar-refractivity contribution is -0.120. The van der Waals surface area contributed by atoms with E-state index in [2.05, 4.69) is 16.0 Å². The highest BCUT2D eigenvalue weighted by Crippen LogP contribution is 2.26. The molecule has 3 N–H and O–H groups in total. The number of aryl methyl sites for hydroxylation is 2. The molecule has 116 valence electrons. The Morgan fingerprint density at radius 1 is 1.19 bits per heavy atom. The third-order valence-corrected chi connectivity index (χ3v) is 3.07. The van der Waals surface area contributed by atoms with E-state index in [1.54, 1.807) is 14.2 Å². The van der Waals surface area contributed by atoms with Gasteiger partial charge >= 0.3 is 6.03 Å². The number of anilines is 1. The van der Waals surface area contributed by atoms with E-state index in [0.717, 1.165) is 22.6 Å². The normalized spacial score (nSPS) is 9.90. The molecule has 0 fully saturated rings. The van der Waals surface area contributed by atoms with Crippen LogP contribution in [0.4, 0.5) is 10.5 Å². The summed E-state index contributed by atoms with van der Waals surface area (Å²) < 4.78 is 5.28. The van der Waals surface area contributed by atoms with Crippen molar-refractivity contribution in [1.29, 1.82) is 0 Å². The zero-order chi connectivity index (χ0) is 15.8. The third-order valence-electron chi connectivity index (χ3n) is 3.07. The van der Waals surface area contributed by atoms with Gasteiger partial charge in [0, 0.05) is 25.7 Å². The fraction of sp³-hybridized carbons (Fsp3) is 0.467. The molecule has 0 unspecified atom stereocenters. The summed E-state index contributed by atoms with van der Waals surface area (Å²) in [4.78, 5) is 22.8. The van der Waals surface area contributed by atoms with Gasteiger partial charge in [-0.2, -0.15) is 0 Å². The van der Waals surface area contributed by atoms with E-state index in [0.29, 0.717) is 19.4 Å². The first-order chi connectivity index (χ1) is 9.97. The zero-order valence-electron chi connectivity index (χ0n) is 13.0. The van der Waals surface area contributed by atoms with Crippen LogP contribution < -0.4 is 20.7 Å². The molecular formula is C15H23N3O3. The number of hydrogen-bond donors (Lipinski definition) is 3. The van der Waals surface area contributed by atoms with Gasteiger partial charge in [-0.05, 0) is 43.5 Å². The van der Waals surface area contributed by atoms with Gasteiger partial charge in [0.1, 0.15) is 5.75 Å². The number of hydrogen-bond acceptors (Lipinski definition) is 3. The van der Waals surface area contributed by atoms with E-state index in [-0.39, 0.29) is 11.9 Å². The molecule has 0 spiro atoms. The summed E-state index contributed by atoms with van der Waals surface area (Å²) in [6.45, 7) is 4.31. The average Bonchev–Trinajstić information content (AvgIpc) is 2.43. The van der Waals surface area contributed by atoms with E-state index >= 15 is 0 Å². The molecule has 0 heterocycles. The monoisotopic (exact) mass is 293 g/mol. The van der Waals surface area contributed by atoms with Crippen LogP contribution >= 0.6 is 0 Å². The molecule has 0 aliphatic carbocycles. The molecule has 0 aliphatic heterocycles. The number of ether oxygens (including phenoxy) is 1. The Morgan fingerprint density at radius 3 is 2.33 bits per heavy atom. The molecule has 6 heteroatoms. The van der Waals surface area contributed by atoms with Crippen LogP contribution in [-0.2, 0) is 4.79 Å². The first-order valence-electron chi connectivity index (χ1n) is 6.88. The lowest BCUT2D eigenvalue weighted by atomic mass is 10.1. The second-order valence-electron chi connectivity index (χ2n) is 4.80. The highest BCUT2D eigenvalue weighted by molar-refractivity contribution is 5.89. The smallest absolute Gasteiger partial charge is 0.319 e. The molecule has 0 saturated carbocycles. The molecule has 1 aromatic carbocycles. The predicted octanol–water partition coefficient (Wildman–Crippen LogP) is 1.96. The van der Waals surface area contributed by atoms with Crippen LogP contribution in [-0.4, -0.2) is 32.6 Å². The largest absolute Gasteiger partial charge is 0.496 e. The number of amides is 3. The van der Waals surface area contributed by atoms with E-state index in [1.807, 2.05) is 26.0 Å². The molecule has 0 radical (unpaired) electrons. The minimum absolute atomic E-state index is 0.0291. The number of nitrogens with one attached hydrogen (secondary N) is 3. The predicted molar refractivity (Wildman–Crippen MR) is 82.8 cm³/mol. The summed E-state index contributed by atoms with van der Waals surface area (Å²) in [5.41, 5.74) is 2.65. The number of carbonyl (C=O) groups excluding carboxylic acids is 2. The molecule has 6 nitrogen and oxygen atoms in total. The lowest BCUT2D eigenvalue weighted by Gasteiger charge is -2.12.